The third-order valence-corrected chi connectivity index (χ3v) is 5.43. The fraction of sp³-hybridized carbons (Fsp3) is 0.192. The molecule has 0 aliphatic rings. The van der Waals surface area contributed by atoms with Crippen LogP contribution in [0.15, 0.2) is 66.7 Å². The van der Waals surface area contributed by atoms with E-state index in [9.17, 15) is 9.90 Å². The van der Waals surface area contributed by atoms with Crippen LogP contribution in [0.2, 0.25) is 0 Å². The number of ether oxygens (including phenoxy) is 2. The molecule has 3 aromatic carbocycles. The molecule has 1 aromatic heterocycles. The Morgan fingerprint density at radius 3 is 2.52 bits per heavy atom. The fourth-order valence-electron chi connectivity index (χ4n) is 3.89. The zero-order chi connectivity index (χ0) is 21.8. The predicted octanol–water partition coefficient (Wildman–Crippen LogP) is 5.61. The van der Waals surface area contributed by atoms with Crippen molar-refractivity contribution >= 4 is 16.9 Å². The van der Waals surface area contributed by atoms with Crippen molar-refractivity contribution in [3.63, 3.8) is 0 Å². The number of aromatic amines is 1. The van der Waals surface area contributed by atoms with Gasteiger partial charge < -0.3 is 19.6 Å². The number of H-pyrrole nitrogens is 1. The topological polar surface area (TPSA) is 71.6 Å². The second-order valence-corrected chi connectivity index (χ2v) is 7.38. The second kappa shape index (κ2) is 8.96. The summed E-state index contributed by atoms with van der Waals surface area (Å²) >= 11 is 0. The highest BCUT2D eigenvalue weighted by Crippen LogP contribution is 2.37. The van der Waals surface area contributed by atoms with Crippen LogP contribution in [-0.2, 0) is 24.2 Å². The minimum atomic E-state index is -0.862. The highest BCUT2D eigenvalue weighted by atomic mass is 16.5. The smallest absolute Gasteiger partial charge is 0.307 e. The Labute approximate surface area is 181 Å². The van der Waals surface area contributed by atoms with Crippen molar-refractivity contribution in [3.05, 3.63) is 83.4 Å². The van der Waals surface area contributed by atoms with Crippen LogP contribution < -0.4 is 9.47 Å². The lowest BCUT2D eigenvalue weighted by atomic mass is 10.0. The minimum absolute atomic E-state index is 0.0585. The number of carbonyl (C=O) groups is 1. The normalized spacial score (nSPS) is 10.9. The van der Waals surface area contributed by atoms with Crippen LogP contribution in [0.25, 0.3) is 22.2 Å². The Morgan fingerprint density at radius 2 is 1.81 bits per heavy atom. The van der Waals surface area contributed by atoms with Crippen molar-refractivity contribution in [1.82, 2.24) is 4.98 Å². The molecule has 0 saturated heterocycles. The number of methoxy groups -OCH3 is 1. The standard InChI is InChI=1S/C26H25NO4/c1-3-18-10-7-11-20-21(15-24(28)29)26(27-25(18)20)19-12-13-22(23(14-19)30-2)31-16-17-8-5-4-6-9-17/h4-14,27H,3,15-16H2,1-2H3,(H,28,29). The highest BCUT2D eigenvalue weighted by molar-refractivity contribution is 5.95. The van der Waals surface area contributed by atoms with Gasteiger partial charge in [-0.2, -0.15) is 0 Å². The molecule has 0 spiro atoms. The van der Waals surface area contributed by atoms with Crippen molar-refractivity contribution in [1.29, 1.82) is 0 Å². The average molecular weight is 415 g/mol. The maximum Gasteiger partial charge on any atom is 0.307 e. The third kappa shape index (κ3) is 4.26. The molecule has 1 heterocycles. The molecule has 0 aliphatic heterocycles. The molecule has 0 bridgehead atoms. The first-order valence-electron chi connectivity index (χ1n) is 10.3. The van der Waals surface area contributed by atoms with Crippen LogP contribution in [0.3, 0.4) is 0 Å². The van der Waals surface area contributed by atoms with Gasteiger partial charge in [-0.15, -0.1) is 0 Å². The zero-order valence-electron chi connectivity index (χ0n) is 17.6. The molecule has 4 rings (SSSR count). The van der Waals surface area contributed by atoms with E-state index in [1.54, 1.807) is 7.11 Å². The van der Waals surface area contributed by atoms with Crippen LogP contribution in [-0.4, -0.2) is 23.2 Å². The molecule has 4 aromatic rings. The summed E-state index contributed by atoms with van der Waals surface area (Å²) in [7, 11) is 1.60. The van der Waals surface area contributed by atoms with E-state index in [4.69, 9.17) is 9.47 Å². The van der Waals surface area contributed by atoms with Crippen LogP contribution in [0.5, 0.6) is 11.5 Å². The Bertz CT molecular complexity index is 1210. The lowest BCUT2D eigenvalue weighted by molar-refractivity contribution is -0.136. The maximum atomic E-state index is 11.6. The molecular formula is C26H25NO4. The van der Waals surface area contributed by atoms with Gasteiger partial charge in [0.1, 0.15) is 6.61 Å². The third-order valence-electron chi connectivity index (χ3n) is 5.43. The van der Waals surface area contributed by atoms with Crippen LogP contribution in [0.4, 0.5) is 0 Å². The number of aliphatic carboxylic acids is 1. The Balaban J connectivity index is 1.74. The lowest BCUT2D eigenvalue weighted by Crippen LogP contribution is -2.01. The summed E-state index contributed by atoms with van der Waals surface area (Å²) in [5.74, 6) is 0.378. The van der Waals surface area contributed by atoms with Gasteiger partial charge in [0.15, 0.2) is 11.5 Å². The van der Waals surface area contributed by atoms with Gasteiger partial charge in [0, 0.05) is 16.5 Å². The van der Waals surface area contributed by atoms with Crippen LogP contribution in [0.1, 0.15) is 23.6 Å². The molecule has 0 radical (unpaired) electrons. The number of rotatable bonds is 8. The van der Waals surface area contributed by atoms with Gasteiger partial charge >= 0.3 is 5.97 Å². The number of carboxylic acid groups (broad SMARTS) is 1. The number of hydrogen-bond acceptors (Lipinski definition) is 3. The molecule has 158 valence electrons. The van der Waals surface area contributed by atoms with Gasteiger partial charge in [-0.1, -0.05) is 55.5 Å². The molecule has 0 aliphatic carbocycles. The zero-order valence-corrected chi connectivity index (χ0v) is 17.6. The number of aromatic nitrogens is 1. The molecule has 0 amide bonds. The van der Waals surface area contributed by atoms with Gasteiger partial charge in [0.05, 0.1) is 19.2 Å². The number of nitrogens with one attached hydrogen (secondary N) is 1. The molecule has 2 N–H and O–H groups in total. The molecular weight excluding hydrogens is 390 g/mol. The maximum absolute atomic E-state index is 11.6. The van der Waals surface area contributed by atoms with Crippen LogP contribution in [0, 0.1) is 0 Å². The quantitative estimate of drug-likeness (QED) is 0.392. The van der Waals surface area contributed by atoms with Gasteiger partial charge in [0.2, 0.25) is 0 Å². The molecule has 5 nitrogen and oxygen atoms in total. The van der Waals surface area contributed by atoms with Gasteiger partial charge in [-0.3, -0.25) is 4.79 Å². The van der Waals surface area contributed by atoms with Crippen molar-refractivity contribution in [3.8, 4) is 22.8 Å². The number of hydrogen-bond donors (Lipinski definition) is 2. The monoisotopic (exact) mass is 415 g/mol. The van der Waals surface area contributed by atoms with E-state index in [2.05, 4.69) is 18.0 Å². The Kier molecular flexibility index (Phi) is 5.94. The summed E-state index contributed by atoms with van der Waals surface area (Å²) in [4.78, 5) is 15.1. The first kappa shape index (κ1) is 20.5. The Hall–Kier alpha value is -3.73. The SMILES string of the molecule is CCc1cccc2c(CC(=O)O)c(-c3ccc(OCc4ccccc4)c(OC)c3)[nH]c12. The van der Waals surface area contributed by atoms with Crippen LogP contribution >= 0.6 is 0 Å². The van der Waals surface area contributed by atoms with Crippen molar-refractivity contribution in [2.24, 2.45) is 0 Å². The molecule has 0 fully saturated rings. The fourth-order valence-corrected chi connectivity index (χ4v) is 3.89. The summed E-state index contributed by atoms with van der Waals surface area (Å²) in [5.41, 5.74) is 5.65. The van der Waals surface area contributed by atoms with E-state index < -0.39 is 5.97 Å². The number of benzene rings is 3. The van der Waals surface area contributed by atoms with E-state index in [-0.39, 0.29) is 6.42 Å². The molecule has 31 heavy (non-hydrogen) atoms. The first-order valence-corrected chi connectivity index (χ1v) is 10.3. The van der Waals surface area contributed by atoms with Gasteiger partial charge in [0.25, 0.3) is 0 Å². The van der Waals surface area contributed by atoms with Gasteiger partial charge in [-0.25, -0.2) is 0 Å². The van der Waals surface area contributed by atoms with Crippen molar-refractivity contribution < 1.29 is 19.4 Å². The van der Waals surface area contributed by atoms with Crippen molar-refractivity contribution in [2.75, 3.05) is 7.11 Å². The van der Waals surface area contributed by atoms with E-state index in [1.165, 1.54) is 0 Å². The van der Waals surface area contributed by atoms with E-state index >= 15 is 0 Å². The average Bonchev–Trinajstić information content (AvgIpc) is 3.16. The predicted molar refractivity (Wildman–Crippen MR) is 122 cm³/mol. The summed E-state index contributed by atoms with van der Waals surface area (Å²) in [5, 5.41) is 10.5. The van der Waals surface area contributed by atoms with Crippen molar-refractivity contribution in [2.45, 2.75) is 26.4 Å². The number of fused-ring (bicyclic) bond motifs is 1. The number of para-hydroxylation sites is 1. The van der Waals surface area contributed by atoms with E-state index in [0.29, 0.717) is 18.1 Å². The largest absolute Gasteiger partial charge is 0.493 e. The lowest BCUT2D eigenvalue weighted by Gasteiger charge is -2.13. The minimum Gasteiger partial charge on any atom is -0.493 e. The van der Waals surface area contributed by atoms with E-state index in [0.717, 1.165) is 45.3 Å². The number of aryl methyl sites for hydroxylation is 1. The number of carboxylic acids is 1. The summed E-state index contributed by atoms with van der Waals surface area (Å²) in [6, 6.07) is 21.6. The molecule has 0 unspecified atom stereocenters. The molecule has 0 atom stereocenters. The highest BCUT2D eigenvalue weighted by Gasteiger charge is 2.18. The summed E-state index contributed by atoms with van der Waals surface area (Å²) in [6.07, 6.45) is 0.802. The van der Waals surface area contributed by atoms with E-state index in [1.807, 2.05) is 60.7 Å². The Morgan fingerprint density at radius 1 is 1.00 bits per heavy atom. The molecule has 0 saturated carbocycles. The first-order chi connectivity index (χ1) is 15.1. The molecule has 5 heteroatoms. The summed E-state index contributed by atoms with van der Waals surface area (Å²) < 4.78 is 11.5. The summed E-state index contributed by atoms with van der Waals surface area (Å²) in [6.45, 7) is 2.53. The van der Waals surface area contributed by atoms with Gasteiger partial charge in [-0.05, 0) is 41.3 Å². The second-order valence-electron chi connectivity index (χ2n) is 7.38.